The zero-order valence-corrected chi connectivity index (χ0v) is 20.5. The third-order valence-electron chi connectivity index (χ3n) is 6.26. The minimum Gasteiger partial charge on any atom is -0.358 e. The van der Waals surface area contributed by atoms with Crippen LogP contribution in [0.5, 0.6) is 0 Å². The topological polar surface area (TPSA) is 113 Å². The highest BCUT2D eigenvalue weighted by Gasteiger charge is 2.21. The molecule has 3 N–H and O–H groups in total. The standard InChI is InChI=1S/C27H24FN9/c1-14(2)16(4)32-18-8-17(9-29-10-18)24-23(28)22-20(11-30-24)35-36-26(22)27-33-19-6-5-7-21(25(19)34-27)37-12-15(3)31-13-37/h5-14,32H,4H2,1-3H3,(H,33,34)(H,35,36). The Morgan fingerprint density at radius 2 is 1.97 bits per heavy atom. The van der Waals surface area contributed by atoms with E-state index in [0.717, 1.165) is 28.1 Å². The minimum absolute atomic E-state index is 0.173. The summed E-state index contributed by atoms with van der Waals surface area (Å²) < 4.78 is 17.9. The van der Waals surface area contributed by atoms with Gasteiger partial charge >= 0.3 is 0 Å². The lowest BCUT2D eigenvalue weighted by Crippen LogP contribution is -2.05. The van der Waals surface area contributed by atoms with Gasteiger partial charge < -0.3 is 14.9 Å². The van der Waals surface area contributed by atoms with Crippen LogP contribution in [0.25, 0.3) is 50.4 Å². The Kier molecular flexibility index (Phi) is 5.29. The number of H-pyrrole nitrogens is 2. The zero-order valence-electron chi connectivity index (χ0n) is 20.5. The molecule has 0 atom stereocenters. The summed E-state index contributed by atoms with van der Waals surface area (Å²) in [5, 5.41) is 10.8. The molecule has 10 heteroatoms. The molecular weight excluding hydrogens is 469 g/mol. The van der Waals surface area contributed by atoms with Crippen LogP contribution in [0.15, 0.2) is 67.7 Å². The molecule has 37 heavy (non-hydrogen) atoms. The summed E-state index contributed by atoms with van der Waals surface area (Å²) in [4.78, 5) is 21.0. The fourth-order valence-corrected chi connectivity index (χ4v) is 4.21. The van der Waals surface area contributed by atoms with Gasteiger partial charge in [-0.05, 0) is 31.0 Å². The van der Waals surface area contributed by atoms with Crippen LogP contribution in [0.1, 0.15) is 19.5 Å². The Morgan fingerprint density at radius 1 is 1.11 bits per heavy atom. The maximum absolute atomic E-state index is 16.0. The Morgan fingerprint density at radius 3 is 2.76 bits per heavy atom. The molecule has 0 unspecified atom stereocenters. The van der Waals surface area contributed by atoms with Gasteiger partial charge in [-0.2, -0.15) is 5.10 Å². The molecule has 0 amide bonds. The van der Waals surface area contributed by atoms with Gasteiger partial charge in [-0.25, -0.2) is 14.4 Å². The van der Waals surface area contributed by atoms with Gasteiger partial charge in [0.05, 0.1) is 52.2 Å². The minimum atomic E-state index is -0.506. The number of aromatic nitrogens is 8. The predicted molar refractivity (Wildman–Crippen MR) is 142 cm³/mol. The van der Waals surface area contributed by atoms with Crippen LogP contribution in [0, 0.1) is 18.7 Å². The largest absolute Gasteiger partial charge is 0.358 e. The predicted octanol–water partition coefficient (Wildman–Crippen LogP) is 5.78. The number of anilines is 1. The molecule has 0 bridgehead atoms. The molecule has 0 aliphatic rings. The average molecular weight is 494 g/mol. The lowest BCUT2D eigenvalue weighted by atomic mass is 10.1. The number of para-hydroxylation sites is 1. The van der Waals surface area contributed by atoms with Gasteiger partial charge in [0.2, 0.25) is 0 Å². The summed E-state index contributed by atoms with van der Waals surface area (Å²) >= 11 is 0. The van der Waals surface area contributed by atoms with Crippen molar-refractivity contribution in [3.63, 3.8) is 0 Å². The van der Waals surface area contributed by atoms with E-state index in [1.165, 1.54) is 0 Å². The quantitative estimate of drug-likeness (QED) is 0.271. The number of imidazole rings is 2. The fraction of sp³-hybridized carbons (Fsp3) is 0.148. The second kappa shape index (κ2) is 8.66. The van der Waals surface area contributed by atoms with E-state index >= 15 is 4.39 Å². The molecule has 1 aromatic carbocycles. The molecule has 0 spiro atoms. The highest BCUT2D eigenvalue weighted by Crippen LogP contribution is 2.33. The lowest BCUT2D eigenvalue weighted by molar-refractivity contribution is 0.638. The summed E-state index contributed by atoms with van der Waals surface area (Å²) in [6, 6.07) is 7.62. The van der Waals surface area contributed by atoms with E-state index in [4.69, 9.17) is 4.98 Å². The summed E-state index contributed by atoms with van der Waals surface area (Å²) in [6.07, 6.45) is 8.50. The zero-order chi connectivity index (χ0) is 25.7. The molecule has 6 rings (SSSR count). The second-order valence-corrected chi connectivity index (χ2v) is 9.23. The number of nitrogens with one attached hydrogen (secondary N) is 3. The van der Waals surface area contributed by atoms with Crippen molar-refractivity contribution >= 4 is 27.6 Å². The van der Waals surface area contributed by atoms with Crippen molar-refractivity contribution in [1.29, 1.82) is 0 Å². The molecule has 184 valence electrons. The van der Waals surface area contributed by atoms with Crippen LogP contribution in [0.3, 0.4) is 0 Å². The molecule has 0 saturated carbocycles. The first-order chi connectivity index (χ1) is 17.9. The van der Waals surface area contributed by atoms with E-state index in [1.807, 2.05) is 49.7 Å². The van der Waals surface area contributed by atoms with Crippen molar-refractivity contribution < 1.29 is 4.39 Å². The van der Waals surface area contributed by atoms with E-state index in [2.05, 4.69) is 42.0 Å². The van der Waals surface area contributed by atoms with Crippen molar-refractivity contribution in [1.82, 2.24) is 39.7 Å². The number of hydrogen-bond donors (Lipinski definition) is 3. The Bertz CT molecular complexity index is 1790. The fourth-order valence-electron chi connectivity index (χ4n) is 4.21. The summed E-state index contributed by atoms with van der Waals surface area (Å²) in [5.41, 5.74) is 6.40. The third kappa shape index (κ3) is 3.92. The van der Waals surface area contributed by atoms with Gasteiger partial charge in [-0.3, -0.25) is 15.1 Å². The number of fused-ring (bicyclic) bond motifs is 2. The van der Waals surface area contributed by atoms with Crippen molar-refractivity contribution in [3.05, 3.63) is 79.2 Å². The Labute approximate surface area is 211 Å². The van der Waals surface area contributed by atoms with Crippen molar-refractivity contribution in [3.8, 4) is 28.5 Å². The van der Waals surface area contributed by atoms with E-state index in [-0.39, 0.29) is 11.6 Å². The first kappa shape index (κ1) is 22.6. The van der Waals surface area contributed by atoms with Crippen LogP contribution >= 0.6 is 0 Å². The normalized spacial score (nSPS) is 11.6. The van der Waals surface area contributed by atoms with Gasteiger partial charge in [-0.1, -0.05) is 26.5 Å². The first-order valence-electron chi connectivity index (χ1n) is 11.8. The SMILES string of the molecule is C=C(Nc1cncc(-c2ncc3[nH]nc(-c4nc5c(-n6cnc(C)c6)cccc5[nH]4)c3c2F)c1)C(C)C. The summed E-state index contributed by atoms with van der Waals surface area (Å²) in [7, 11) is 0. The highest BCUT2D eigenvalue weighted by atomic mass is 19.1. The molecule has 0 aliphatic carbocycles. The lowest BCUT2D eigenvalue weighted by Gasteiger charge is -2.13. The molecule has 0 aliphatic heterocycles. The maximum Gasteiger partial charge on any atom is 0.161 e. The van der Waals surface area contributed by atoms with E-state index < -0.39 is 5.82 Å². The van der Waals surface area contributed by atoms with E-state index in [9.17, 15) is 0 Å². The summed E-state index contributed by atoms with van der Waals surface area (Å²) in [5.74, 6) is 0.183. The van der Waals surface area contributed by atoms with Gasteiger partial charge in [0.25, 0.3) is 0 Å². The van der Waals surface area contributed by atoms with Crippen molar-refractivity contribution in [2.45, 2.75) is 20.8 Å². The van der Waals surface area contributed by atoms with Crippen LogP contribution in [-0.4, -0.2) is 39.7 Å². The summed E-state index contributed by atoms with van der Waals surface area (Å²) in [6.45, 7) is 10.0. The molecule has 6 aromatic rings. The third-order valence-corrected chi connectivity index (χ3v) is 6.26. The van der Waals surface area contributed by atoms with Crippen LogP contribution in [-0.2, 0) is 0 Å². The Hall–Kier alpha value is -4.86. The number of allylic oxidation sites excluding steroid dienone is 1. The van der Waals surface area contributed by atoms with Crippen molar-refractivity contribution in [2.24, 2.45) is 5.92 Å². The smallest absolute Gasteiger partial charge is 0.161 e. The van der Waals surface area contributed by atoms with Gasteiger partial charge in [-0.15, -0.1) is 0 Å². The van der Waals surface area contributed by atoms with Crippen molar-refractivity contribution in [2.75, 3.05) is 5.32 Å². The van der Waals surface area contributed by atoms with Crippen LogP contribution in [0.2, 0.25) is 0 Å². The molecule has 0 fully saturated rings. The monoisotopic (exact) mass is 493 g/mol. The molecule has 9 nitrogen and oxygen atoms in total. The van der Waals surface area contributed by atoms with E-state index in [0.29, 0.717) is 33.7 Å². The van der Waals surface area contributed by atoms with Crippen LogP contribution in [0.4, 0.5) is 10.1 Å². The second-order valence-electron chi connectivity index (χ2n) is 9.23. The first-order valence-corrected chi connectivity index (χ1v) is 11.8. The number of aryl methyl sites for hydroxylation is 1. The number of aromatic amines is 2. The number of benzene rings is 1. The number of pyridine rings is 2. The van der Waals surface area contributed by atoms with Crippen LogP contribution < -0.4 is 5.32 Å². The number of halogens is 1. The maximum atomic E-state index is 16.0. The Balaban J connectivity index is 1.45. The molecule has 0 radical (unpaired) electrons. The van der Waals surface area contributed by atoms with Gasteiger partial charge in [0, 0.05) is 23.7 Å². The molecule has 5 aromatic heterocycles. The molecule has 0 saturated heterocycles. The average Bonchev–Trinajstić information content (AvgIpc) is 3.62. The van der Waals surface area contributed by atoms with E-state index in [1.54, 1.807) is 31.0 Å². The number of nitrogens with zero attached hydrogens (tertiary/aromatic N) is 6. The highest BCUT2D eigenvalue weighted by molar-refractivity contribution is 5.96. The number of hydrogen-bond acceptors (Lipinski definition) is 6. The molecular formula is C27H24FN9. The van der Waals surface area contributed by atoms with Gasteiger partial charge in [0.15, 0.2) is 11.6 Å². The molecule has 5 heterocycles. The number of rotatable bonds is 6. The van der Waals surface area contributed by atoms with Gasteiger partial charge in [0.1, 0.15) is 16.9 Å².